The standard InChI is InChI=1S/C2H5BO2.BH3O3/c1-2-4-5-3-1;2-1(3)4/h3H,1-2H2;2-4H. The normalized spacial score (nSPS) is 15.4. The van der Waals surface area contributed by atoms with Gasteiger partial charge in [0.15, 0.2) is 0 Å². The molecule has 0 spiro atoms. The van der Waals surface area contributed by atoms with Gasteiger partial charge in [0.25, 0.3) is 0 Å². The summed E-state index contributed by atoms with van der Waals surface area (Å²) in [6.07, 6.45) is 1.06. The Morgan fingerprint density at radius 2 is 1.89 bits per heavy atom. The molecule has 0 atom stereocenters. The first kappa shape index (κ1) is 8.93. The number of hydrogen-bond acceptors (Lipinski definition) is 5. The summed E-state index contributed by atoms with van der Waals surface area (Å²) in [5.74, 6) is 0. The van der Waals surface area contributed by atoms with Crippen molar-refractivity contribution in [3.8, 4) is 0 Å². The first-order valence-corrected chi connectivity index (χ1v) is 2.52. The Balaban J connectivity index is 0.000000148. The van der Waals surface area contributed by atoms with Crippen molar-refractivity contribution < 1.29 is 24.8 Å². The maximum atomic E-state index is 7.17. The van der Waals surface area contributed by atoms with Crippen LogP contribution in [0.4, 0.5) is 0 Å². The SMILES string of the molecule is B1CCOO1.OB(O)O. The van der Waals surface area contributed by atoms with Gasteiger partial charge in [-0.1, -0.05) is 0 Å². The van der Waals surface area contributed by atoms with E-state index in [2.05, 4.69) is 9.69 Å². The summed E-state index contributed by atoms with van der Waals surface area (Å²) in [4.78, 5) is 8.89. The first-order chi connectivity index (χ1) is 4.23. The quantitative estimate of drug-likeness (QED) is 0.255. The molecule has 0 aliphatic carbocycles. The van der Waals surface area contributed by atoms with Gasteiger partial charge >= 0.3 is 14.8 Å². The van der Waals surface area contributed by atoms with Crippen LogP contribution in [-0.2, 0) is 9.69 Å². The second-order valence-corrected chi connectivity index (χ2v) is 1.34. The van der Waals surface area contributed by atoms with Crippen molar-refractivity contribution in [2.24, 2.45) is 0 Å². The van der Waals surface area contributed by atoms with Crippen LogP contribution in [0.2, 0.25) is 6.32 Å². The fourth-order valence-corrected chi connectivity index (χ4v) is 0.295. The summed E-state index contributed by atoms with van der Waals surface area (Å²) in [6.45, 7) is 0.778. The van der Waals surface area contributed by atoms with E-state index in [1.54, 1.807) is 0 Å². The van der Waals surface area contributed by atoms with Crippen LogP contribution in [-0.4, -0.2) is 36.5 Å². The van der Waals surface area contributed by atoms with Gasteiger partial charge in [-0.3, -0.25) is 4.89 Å². The Morgan fingerprint density at radius 1 is 1.33 bits per heavy atom. The van der Waals surface area contributed by atoms with Crippen LogP contribution in [0.15, 0.2) is 0 Å². The van der Waals surface area contributed by atoms with Crippen molar-refractivity contribution in [3.05, 3.63) is 0 Å². The van der Waals surface area contributed by atoms with E-state index in [1.807, 2.05) is 0 Å². The second-order valence-electron chi connectivity index (χ2n) is 1.34. The van der Waals surface area contributed by atoms with E-state index in [9.17, 15) is 0 Å². The summed E-state index contributed by atoms with van der Waals surface area (Å²) in [6, 6.07) is 0. The van der Waals surface area contributed by atoms with Gasteiger partial charge in [-0.25, -0.2) is 0 Å². The molecular weight excluding hydrogens is 126 g/mol. The molecule has 5 nitrogen and oxygen atoms in total. The van der Waals surface area contributed by atoms with Crippen molar-refractivity contribution >= 4 is 14.8 Å². The monoisotopic (exact) mass is 134 g/mol. The lowest BCUT2D eigenvalue weighted by Gasteiger charge is -1.79. The van der Waals surface area contributed by atoms with Crippen molar-refractivity contribution in [1.82, 2.24) is 0 Å². The third-order valence-electron chi connectivity index (χ3n) is 0.539. The third kappa shape index (κ3) is 11.5. The lowest BCUT2D eigenvalue weighted by molar-refractivity contribution is -0.181. The molecule has 0 amide bonds. The van der Waals surface area contributed by atoms with E-state index >= 15 is 0 Å². The zero-order valence-electron chi connectivity index (χ0n) is 4.86. The van der Waals surface area contributed by atoms with Crippen LogP contribution in [0.1, 0.15) is 0 Å². The minimum Gasteiger partial charge on any atom is -0.402 e. The van der Waals surface area contributed by atoms with Gasteiger partial charge in [0.05, 0.1) is 6.61 Å². The molecule has 0 aromatic heterocycles. The van der Waals surface area contributed by atoms with Crippen LogP contribution in [0, 0.1) is 0 Å². The highest BCUT2D eigenvalue weighted by molar-refractivity contribution is 6.30. The van der Waals surface area contributed by atoms with E-state index in [1.165, 1.54) is 0 Å². The maximum Gasteiger partial charge on any atom is 0.631 e. The molecule has 0 saturated carbocycles. The van der Waals surface area contributed by atoms with E-state index in [0.717, 1.165) is 20.4 Å². The second kappa shape index (κ2) is 6.06. The van der Waals surface area contributed by atoms with E-state index in [-0.39, 0.29) is 0 Å². The fourth-order valence-electron chi connectivity index (χ4n) is 0.295. The van der Waals surface area contributed by atoms with Gasteiger partial charge in [0.1, 0.15) is 0 Å². The van der Waals surface area contributed by atoms with Gasteiger partial charge in [0.2, 0.25) is 0 Å². The molecule has 9 heavy (non-hydrogen) atoms. The van der Waals surface area contributed by atoms with Crippen LogP contribution >= 0.6 is 0 Å². The topological polar surface area (TPSA) is 79.2 Å². The smallest absolute Gasteiger partial charge is 0.402 e. The average molecular weight is 134 g/mol. The minimum atomic E-state index is -2.17. The highest BCUT2D eigenvalue weighted by Crippen LogP contribution is 1.91. The average Bonchev–Trinajstić information content (AvgIpc) is 2.11. The van der Waals surface area contributed by atoms with Crippen molar-refractivity contribution in [2.45, 2.75) is 6.32 Å². The maximum absolute atomic E-state index is 7.17. The van der Waals surface area contributed by atoms with Crippen LogP contribution in [0.25, 0.3) is 0 Å². The third-order valence-corrected chi connectivity index (χ3v) is 0.539. The lowest BCUT2D eigenvalue weighted by atomic mass is 9.99. The molecule has 0 aromatic rings. The van der Waals surface area contributed by atoms with Gasteiger partial charge in [-0.2, -0.15) is 0 Å². The molecule has 1 aliphatic rings. The largest absolute Gasteiger partial charge is 0.631 e. The van der Waals surface area contributed by atoms with Crippen molar-refractivity contribution in [3.63, 3.8) is 0 Å². The highest BCUT2D eigenvalue weighted by atomic mass is 17.2. The zero-order chi connectivity index (χ0) is 7.11. The van der Waals surface area contributed by atoms with Crippen molar-refractivity contribution in [1.29, 1.82) is 0 Å². The molecule has 1 aliphatic heterocycles. The van der Waals surface area contributed by atoms with Gasteiger partial charge in [-0.15, -0.1) is 0 Å². The Hall–Kier alpha value is -0.0701. The Kier molecular flexibility index (Phi) is 6.01. The van der Waals surface area contributed by atoms with Gasteiger partial charge in [-0.05, 0) is 6.32 Å². The first-order valence-electron chi connectivity index (χ1n) is 2.52. The van der Waals surface area contributed by atoms with E-state index in [0.29, 0.717) is 0 Å². The highest BCUT2D eigenvalue weighted by Gasteiger charge is 1.99. The van der Waals surface area contributed by atoms with E-state index in [4.69, 9.17) is 15.1 Å². The molecule has 0 bridgehead atoms. The summed E-state index contributed by atoms with van der Waals surface area (Å²) >= 11 is 0. The number of rotatable bonds is 0. The zero-order valence-corrected chi connectivity index (χ0v) is 4.86. The summed E-state index contributed by atoms with van der Waals surface area (Å²) in [5, 5.41) is 21.5. The summed E-state index contributed by atoms with van der Waals surface area (Å²) < 4.78 is 0. The van der Waals surface area contributed by atoms with Crippen LogP contribution in [0.3, 0.4) is 0 Å². The molecule has 1 saturated heterocycles. The van der Waals surface area contributed by atoms with E-state index < -0.39 is 7.32 Å². The van der Waals surface area contributed by atoms with Gasteiger partial charge in [0, 0.05) is 0 Å². The molecule has 7 heteroatoms. The molecule has 0 unspecified atom stereocenters. The summed E-state index contributed by atoms with van der Waals surface area (Å²) in [7, 11) is -1.39. The molecule has 0 aromatic carbocycles. The molecule has 1 heterocycles. The molecule has 52 valence electrons. The Labute approximate surface area is 53.6 Å². The minimum absolute atomic E-state index is 0.778. The predicted molar refractivity (Wildman–Crippen MR) is 31.4 cm³/mol. The van der Waals surface area contributed by atoms with Gasteiger partial charge < -0.3 is 19.9 Å². The fraction of sp³-hybridized carbons (Fsp3) is 1.00. The molecule has 0 radical (unpaired) electrons. The molecule has 1 rings (SSSR count). The lowest BCUT2D eigenvalue weighted by Crippen LogP contribution is -2.07. The molecule has 3 N–H and O–H groups in total. The number of hydrogen-bond donors (Lipinski definition) is 3. The van der Waals surface area contributed by atoms with Crippen molar-refractivity contribution in [2.75, 3.05) is 6.61 Å². The van der Waals surface area contributed by atoms with Crippen LogP contribution < -0.4 is 0 Å². The van der Waals surface area contributed by atoms with Crippen LogP contribution in [0.5, 0.6) is 0 Å². The molecular formula is C2H8B2O5. The summed E-state index contributed by atoms with van der Waals surface area (Å²) in [5.41, 5.74) is 0. The Morgan fingerprint density at radius 3 is 2.00 bits per heavy atom. The predicted octanol–water partition coefficient (Wildman–Crippen LogP) is -2.33. The molecule has 1 fully saturated rings. The Bertz CT molecular complexity index is 44.6.